The van der Waals surface area contributed by atoms with Crippen molar-refractivity contribution in [1.29, 1.82) is 0 Å². The molecule has 2 amide bonds. The molecule has 2 aliphatic heterocycles. The second kappa shape index (κ2) is 7.79. The predicted octanol–water partition coefficient (Wildman–Crippen LogP) is 3.74. The monoisotopic (exact) mass is 423 g/mol. The van der Waals surface area contributed by atoms with E-state index in [-0.39, 0.29) is 17.6 Å². The van der Waals surface area contributed by atoms with Gasteiger partial charge in [-0.2, -0.15) is 13.2 Å². The van der Waals surface area contributed by atoms with Gasteiger partial charge in [0.1, 0.15) is 0 Å². The number of fused-ring (bicyclic) bond motifs is 2. The Kier molecular flexibility index (Phi) is 5.35. The van der Waals surface area contributed by atoms with Crippen molar-refractivity contribution in [2.24, 2.45) is 5.92 Å². The van der Waals surface area contributed by atoms with Gasteiger partial charge < -0.3 is 15.5 Å². The normalized spacial score (nSPS) is 23.6. The van der Waals surface area contributed by atoms with Crippen LogP contribution in [0.15, 0.2) is 36.4 Å². The van der Waals surface area contributed by atoms with Crippen molar-refractivity contribution in [3.05, 3.63) is 41.3 Å². The molecule has 0 spiro atoms. The van der Waals surface area contributed by atoms with Crippen LogP contribution in [0.4, 0.5) is 18.9 Å². The minimum Gasteiger partial charge on any atom is -0.347 e. The van der Waals surface area contributed by atoms with E-state index in [1.165, 1.54) is 23.8 Å². The lowest BCUT2D eigenvalue weighted by Crippen LogP contribution is -2.46. The molecule has 1 aromatic carbocycles. The van der Waals surface area contributed by atoms with Crippen molar-refractivity contribution in [2.75, 3.05) is 25.0 Å². The van der Waals surface area contributed by atoms with E-state index < -0.39 is 12.1 Å². The Labute approximate surface area is 169 Å². The highest BCUT2D eigenvalue weighted by atomic mass is 32.1. The number of nitrogens with zero attached hydrogens (tertiary/aromatic N) is 1. The first-order valence-electron chi connectivity index (χ1n) is 9.40. The van der Waals surface area contributed by atoms with Crippen LogP contribution in [0.2, 0.25) is 0 Å². The molecule has 2 aromatic rings. The summed E-state index contributed by atoms with van der Waals surface area (Å²) in [6.07, 6.45) is -2.81. The standard InChI is InChI=1S/C20H20F3N3O2S/c21-20(22,23)19(28)25-15-4-2-1-3-14(15)16-5-6-17(29-16)18(27)24-13-9-12-7-8-26(10-12)11-13/h1-6,12-13H,7-11H2,(H,24,27)(H,25,28)/t12-,13+/m1/s1. The zero-order valence-corrected chi connectivity index (χ0v) is 16.3. The zero-order chi connectivity index (χ0) is 20.6. The van der Waals surface area contributed by atoms with Crippen LogP contribution in [0, 0.1) is 5.92 Å². The molecule has 0 saturated carbocycles. The van der Waals surface area contributed by atoms with E-state index in [1.54, 1.807) is 30.3 Å². The third-order valence-electron chi connectivity index (χ3n) is 5.33. The largest absolute Gasteiger partial charge is 0.471 e. The van der Waals surface area contributed by atoms with E-state index in [0.29, 0.717) is 21.2 Å². The molecule has 2 bridgehead atoms. The molecule has 2 N–H and O–H groups in total. The lowest BCUT2D eigenvalue weighted by Gasteiger charge is -2.30. The van der Waals surface area contributed by atoms with Gasteiger partial charge in [-0.3, -0.25) is 9.59 Å². The fourth-order valence-corrected chi connectivity index (χ4v) is 4.97. The van der Waals surface area contributed by atoms with Gasteiger partial charge in [0.15, 0.2) is 0 Å². The van der Waals surface area contributed by atoms with Gasteiger partial charge in [0, 0.05) is 35.3 Å². The summed E-state index contributed by atoms with van der Waals surface area (Å²) >= 11 is 1.19. The van der Waals surface area contributed by atoms with Crippen LogP contribution < -0.4 is 10.6 Å². The van der Waals surface area contributed by atoms with Crippen LogP contribution in [0.1, 0.15) is 22.5 Å². The topological polar surface area (TPSA) is 61.4 Å². The summed E-state index contributed by atoms with van der Waals surface area (Å²) in [5.74, 6) is -1.57. The number of piperidine rings is 1. The van der Waals surface area contributed by atoms with Gasteiger partial charge in [0.2, 0.25) is 0 Å². The number of para-hydroxylation sites is 1. The van der Waals surface area contributed by atoms with Gasteiger partial charge >= 0.3 is 12.1 Å². The summed E-state index contributed by atoms with van der Waals surface area (Å²) in [7, 11) is 0. The number of alkyl halides is 3. The predicted molar refractivity (Wildman–Crippen MR) is 105 cm³/mol. The molecule has 1 unspecified atom stereocenters. The summed E-state index contributed by atoms with van der Waals surface area (Å²) in [5.41, 5.74) is 0.497. The lowest BCUT2D eigenvalue weighted by atomic mass is 9.97. The number of halogens is 3. The maximum Gasteiger partial charge on any atom is 0.471 e. The first-order valence-corrected chi connectivity index (χ1v) is 10.2. The third-order valence-corrected chi connectivity index (χ3v) is 6.45. The number of carbonyl (C=O) groups is 2. The zero-order valence-electron chi connectivity index (χ0n) is 15.5. The quantitative estimate of drug-likeness (QED) is 0.788. The van der Waals surface area contributed by atoms with Gasteiger partial charge in [-0.05, 0) is 43.5 Å². The van der Waals surface area contributed by atoms with Crippen molar-refractivity contribution in [3.63, 3.8) is 0 Å². The van der Waals surface area contributed by atoms with Crippen molar-refractivity contribution in [3.8, 4) is 10.4 Å². The number of carbonyl (C=O) groups excluding carboxylic acids is 2. The lowest BCUT2D eigenvalue weighted by molar-refractivity contribution is -0.167. The van der Waals surface area contributed by atoms with Crippen molar-refractivity contribution in [2.45, 2.75) is 25.1 Å². The molecule has 1 aromatic heterocycles. The maximum absolute atomic E-state index is 12.6. The Morgan fingerprint density at radius 2 is 1.90 bits per heavy atom. The number of anilines is 1. The highest BCUT2D eigenvalue weighted by Gasteiger charge is 2.39. The Hall–Kier alpha value is -2.39. The number of amides is 2. The molecule has 2 fully saturated rings. The second-order valence-electron chi connectivity index (χ2n) is 7.48. The van der Waals surface area contributed by atoms with Gasteiger partial charge in [0.05, 0.1) is 4.88 Å². The minimum atomic E-state index is -4.97. The second-order valence-corrected chi connectivity index (χ2v) is 8.57. The smallest absolute Gasteiger partial charge is 0.347 e. The number of hydrogen-bond donors (Lipinski definition) is 2. The Morgan fingerprint density at radius 3 is 2.66 bits per heavy atom. The molecule has 0 aliphatic carbocycles. The number of benzene rings is 1. The minimum absolute atomic E-state index is 0.0558. The van der Waals surface area contributed by atoms with Gasteiger partial charge in [0.25, 0.3) is 5.91 Å². The van der Waals surface area contributed by atoms with Crippen LogP contribution >= 0.6 is 11.3 Å². The SMILES string of the molecule is O=C(N[C@H]1C[C@H]2CCN(C2)C1)c1ccc(-c2ccccc2NC(=O)C(F)(F)F)s1. The van der Waals surface area contributed by atoms with E-state index in [0.717, 1.165) is 26.1 Å². The van der Waals surface area contributed by atoms with E-state index in [1.807, 2.05) is 5.32 Å². The molecular weight excluding hydrogens is 403 g/mol. The molecule has 3 heterocycles. The summed E-state index contributed by atoms with van der Waals surface area (Å²) in [6, 6.07) is 9.71. The summed E-state index contributed by atoms with van der Waals surface area (Å²) in [4.78, 5) is 27.4. The maximum atomic E-state index is 12.6. The Morgan fingerprint density at radius 1 is 1.10 bits per heavy atom. The highest BCUT2D eigenvalue weighted by Crippen LogP contribution is 2.34. The molecule has 154 valence electrons. The van der Waals surface area contributed by atoms with Crippen LogP contribution in [0.5, 0.6) is 0 Å². The van der Waals surface area contributed by atoms with Crippen LogP contribution in [0.25, 0.3) is 10.4 Å². The average molecular weight is 423 g/mol. The summed E-state index contributed by atoms with van der Waals surface area (Å²) in [5, 5.41) is 4.99. The molecular formula is C20H20F3N3O2S. The number of thiophene rings is 1. The van der Waals surface area contributed by atoms with Gasteiger partial charge in [-0.25, -0.2) is 0 Å². The highest BCUT2D eigenvalue weighted by molar-refractivity contribution is 7.17. The number of nitrogens with one attached hydrogen (secondary N) is 2. The van der Waals surface area contributed by atoms with Crippen LogP contribution in [-0.2, 0) is 4.79 Å². The summed E-state index contributed by atoms with van der Waals surface area (Å²) in [6.45, 7) is 3.04. The molecule has 5 nitrogen and oxygen atoms in total. The van der Waals surface area contributed by atoms with E-state index in [2.05, 4.69) is 10.2 Å². The third kappa shape index (κ3) is 4.45. The molecule has 3 atom stereocenters. The molecule has 29 heavy (non-hydrogen) atoms. The number of rotatable bonds is 4. The van der Waals surface area contributed by atoms with Gasteiger partial charge in [-0.1, -0.05) is 18.2 Å². The first-order chi connectivity index (χ1) is 13.8. The molecule has 4 rings (SSSR count). The molecule has 0 radical (unpaired) electrons. The molecule has 2 saturated heterocycles. The van der Waals surface area contributed by atoms with Crippen molar-refractivity contribution >= 4 is 28.8 Å². The average Bonchev–Trinajstić information content (AvgIpc) is 3.28. The Balaban J connectivity index is 1.48. The fraction of sp³-hybridized carbons (Fsp3) is 0.400. The summed E-state index contributed by atoms with van der Waals surface area (Å²) < 4.78 is 37.8. The van der Waals surface area contributed by atoms with Crippen LogP contribution in [0.3, 0.4) is 0 Å². The van der Waals surface area contributed by atoms with Gasteiger partial charge in [-0.15, -0.1) is 11.3 Å². The Bertz CT molecular complexity index is 916. The van der Waals surface area contributed by atoms with Crippen molar-refractivity contribution in [1.82, 2.24) is 10.2 Å². The van der Waals surface area contributed by atoms with E-state index in [9.17, 15) is 22.8 Å². The first kappa shape index (κ1) is 19.9. The van der Waals surface area contributed by atoms with Crippen molar-refractivity contribution < 1.29 is 22.8 Å². The molecule has 9 heteroatoms. The van der Waals surface area contributed by atoms with E-state index in [4.69, 9.17) is 0 Å². The van der Waals surface area contributed by atoms with Crippen LogP contribution in [-0.4, -0.2) is 48.6 Å². The van der Waals surface area contributed by atoms with E-state index >= 15 is 0 Å². The fourth-order valence-electron chi connectivity index (χ4n) is 4.03. The number of hydrogen-bond acceptors (Lipinski definition) is 4. The molecule has 2 aliphatic rings.